The normalized spacial score (nSPS) is 10.4. The molecule has 16 heavy (non-hydrogen) atoms. The molecule has 0 aliphatic rings. The van der Waals surface area contributed by atoms with Crippen molar-refractivity contribution in [2.45, 2.75) is 13.8 Å². The third-order valence-corrected chi connectivity index (χ3v) is 2.18. The first kappa shape index (κ1) is 12.3. The lowest BCUT2D eigenvalue weighted by atomic mass is 10.1. The van der Waals surface area contributed by atoms with E-state index in [1.807, 2.05) is 32.1 Å². The monoisotopic (exact) mass is 220 g/mol. The largest absolute Gasteiger partial charge is 0.501 e. The molecule has 3 heteroatoms. The highest BCUT2D eigenvalue weighted by Gasteiger charge is 2.08. The van der Waals surface area contributed by atoms with Crippen LogP contribution in [-0.2, 0) is 9.47 Å². The van der Waals surface area contributed by atoms with Crippen LogP contribution in [0.15, 0.2) is 24.5 Å². The fourth-order valence-corrected chi connectivity index (χ4v) is 1.35. The second kappa shape index (κ2) is 5.95. The van der Waals surface area contributed by atoms with Gasteiger partial charge in [0, 0.05) is 0 Å². The molecular weight excluding hydrogens is 204 g/mol. The van der Waals surface area contributed by atoms with Gasteiger partial charge in [0.2, 0.25) is 0 Å². The fourth-order valence-electron chi connectivity index (χ4n) is 1.35. The molecule has 0 N–H and O–H groups in total. The van der Waals surface area contributed by atoms with Gasteiger partial charge in [-0.3, -0.25) is 0 Å². The first-order valence-electron chi connectivity index (χ1n) is 5.16. The molecule has 0 unspecified atom stereocenters. The van der Waals surface area contributed by atoms with E-state index in [1.54, 1.807) is 12.3 Å². The van der Waals surface area contributed by atoms with Gasteiger partial charge >= 0.3 is 5.97 Å². The van der Waals surface area contributed by atoms with E-state index < -0.39 is 0 Å². The zero-order valence-electron chi connectivity index (χ0n) is 9.82. The van der Waals surface area contributed by atoms with Crippen LogP contribution in [0.1, 0.15) is 28.4 Å². The Hall–Kier alpha value is -1.77. The van der Waals surface area contributed by atoms with Crippen molar-refractivity contribution in [3.63, 3.8) is 0 Å². The summed E-state index contributed by atoms with van der Waals surface area (Å²) in [6.07, 6.45) is 3.50. The van der Waals surface area contributed by atoms with Crippen LogP contribution in [0, 0.1) is 6.92 Å². The number of rotatable bonds is 4. The Morgan fingerprint density at radius 2 is 2.19 bits per heavy atom. The Balaban J connectivity index is 2.86. The minimum absolute atomic E-state index is 0.308. The lowest BCUT2D eigenvalue weighted by Crippen LogP contribution is -2.03. The summed E-state index contributed by atoms with van der Waals surface area (Å²) in [5.74, 6) is -0.308. The molecule has 0 fully saturated rings. The molecule has 86 valence electrons. The van der Waals surface area contributed by atoms with Gasteiger partial charge in [0.1, 0.15) is 0 Å². The van der Waals surface area contributed by atoms with Gasteiger partial charge < -0.3 is 9.47 Å². The molecule has 0 spiro atoms. The molecule has 0 saturated heterocycles. The van der Waals surface area contributed by atoms with Crippen molar-refractivity contribution < 1.29 is 14.3 Å². The number of hydrogen-bond acceptors (Lipinski definition) is 3. The molecule has 1 aromatic carbocycles. The molecule has 0 atom stereocenters. The Kier molecular flexibility index (Phi) is 4.58. The fraction of sp³-hybridized carbons (Fsp3) is 0.308. The first-order chi connectivity index (χ1) is 7.69. The second-order valence-electron chi connectivity index (χ2n) is 3.32. The summed E-state index contributed by atoms with van der Waals surface area (Å²) >= 11 is 0. The smallest absolute Gasteiger partial charge is 0.338 e. The third kappa shape index (κ3) is 3.12. The summed E-state index contributed by atoms with van der Waals surface area (Å²) in [5, 5.41) is 0. The maximum atomic E-state index is 11.3. The van der Waals surface area contributed by atoms with Gasteiger partial charge in [-0.25, -0.2) is 4.79 Å². The summed E-state index contributed by atoms with van der Waals surface area (Å²) in [5.41, 5.74) is 2.49. The zero-order chi connectivity index (χ0) is 12.0. The molecule has 0 saturated carbocycles. The molecule has 3 nitrogen and oxygen atoms in total. The van der Waals surface area contributed by atoms with E-state index in [0.717, 1.165) is 11.1 Å². The SMILES string of the molecule is CCO/C=C/c1ccc(C(=O)OC)c(C)c1. The highest BCUT2D eigenvalue weighted by Crippen LogP contribution is 2.13. The Morgan fingerprint density at radius 3 is 2.75 bits per heavy atom. The number of esters is 1. The van der Waals surface area contributed by atoms with Gasteiger partial charge in [0.15, 0.2) is 0 Å². The summed E-state index contributed by atoms with van der Waals surface area (Å²) in [7, 11) is 1.38. The Bertz CT molecular complexity index is 394. The highest BCUT2D eigenvalue weighted by atomic mass is 16.5. The van der Waals surface area contributed by atoms with E-state index in [-0.39, 0.29) is 5.97 Å². The first-order valence-corrected chi connectivity index (χ1v) is 5.16. The van der Waals surface area contributed by atoms with Gasteiger partial charge in [-0.2, -0.15) is 0 Å². The van der Waals surface area contributed by atoms with Crippen molar-refractivity contribution in [2.24, 2.45) is 0 Å². The van der Waals surface area contributed by atoms with Crippen LogP contribution in [0.3, 0.4) is 0 Å². The van der Waals surface area contributed by atoms with Crippen LogP contribution in [0.2, 0.25) is 0 Å². The molecule has 0 amide bonds. The van der Waals surface area contributed by atoms with Gasteiger partial charge in [0.05, 0.1) is 25.5 Å². The molecule has 1 rings (SSSR count). The van der Waals surface area contributed by atoms with Crippen LogP contribution >= 0.6 is 0 Å². The van der Waals surface area contributed by atoms with Crippen LogP contribution < -0.4 is 0 Å². The van der Waals surface area contributed by atoms with Crippen LogP contribution in [0.25, 0.3) is 6.08 Å². The number of ether oxygens (including phenoxy) is 2. The predicted octanol–water partition coefficient (Wildman–Crippen LogP) is 2.79. The standard InChI is InChI=1S/C13H16O3/c1-4-16-8-7-11-5-6-12(10(2)9-11)13(14)15-3/h5-9H,4H2,1-3H3/b8-7+. The number of methoxy groups -OCH3 is 1. The second-order valence-corrected chi connectivity index (χ2v) is 3.32. The van der Waals surface area contributed by atoms with E-state index in [0.29, 0.717) is 12.2 Å². The number of carbonyl (C=O) groups is 1. The molecule has 0 radical (unpaired) electrons. The van der Waals surface area contributed by atoms with E-state index in [1.165, 1.54) is 7.11 Å². The quantitative estimate of drug-likeness (QED) is 0.578. The van der Waals surface area contributed by atoms with E-state index >= 15 is 0 Å². The number of benzene rings is 1. The average molecular weight is 220 g/mol. The Labute approximate surface area is 95.7 Å². The third-order valence-electron chi connectivity index (χ3n) is 2.18. The van der Waals surface area contributed by atoms with Crippen molar-refractivity contribution in [1.29, 1.82) is 0 Å². The predicted molar refractivity (Wildman–Crippen MR) is 63.2 cm³/mol. The van der Waals surface area contributed by atoms with Crippen molar-refractivity contribution in [3.8, 4) is 0 Å². The molecule has 1 aromatic rings. The van der Waals surface area contributed by atoms with Gasteiger partial charge in [0.25, 0.3) is 0 Å². The van der Waals surface area contributed by atoms with Crippen LogP contribution in [0.5, 0.6) is 0 Å². The summed E-state index contributed by atoms with van der Waals surface area (Å²) < 4.78 is 9.78. The zero-order valence-corrected chi connectivity index (χ0v) is 9.82. The highest BCUT2D eigenvalue weighted by molar-refractivity contribution is 5.91. The minimum Gasteiger partial charge on any atom is -0.501 e. The van der Waals surface area contributed by atoms with Crippen molar-refractivity contribution in [3.05, 3.63) is 41.2 Å². The molecule has 0 aliphatic carbocycles. The van der Waals surface area contributed by atoms with E-state index in [4.69, 9.17) is 4.74 Å². The lowest BCUT2D eigenvalue weighted by molar-refractivity contribution is 0.0600. The summed E-state index contributed by atoms with van der Waals surface area (Å²) in [6.45, 7) is 4.45. The molecule has 0 aromatic heterocycles. The summed E-state index contributed by atoms with van der Waals surface area (Å²) in [4.78, 5) is 11.3. The van der Waals surface area contributed by atoms with E-state index in [2.05, 4.69) is 4.74 Å². The van der Waals surface area contributed by atoms with E-state index in [9.17, 15) is 4.79 Å². The minimum atomic E-state index is -0.308. The van der Waals surface area contributed by atoms with Crippen molar-refractivity contribution in [1.82, 2.24) is 0 Å². The average Bonchev–Trinajstić information content (AvgIpc) is 2.29. The van der Waals surface area contributed by atoms with Crippen LogP contribution in [0.4, 0.5) is 0 Å². The molecule has 0 heterocycles. The van der Waals surface area contributed by atoms with Gasteiger partial charge in [-0.1, -0.05) is 12.1 Å². The van der Waals surface area contributed by atoms with Crippen molar-refractivity contribution >= 4 is 12.0 Å². The number of carbonyl (C=O) groups excluding carboxylic acids is 1. The maximum Gasteiger partial charge on any atom is 0.338 e. The molecule has 0 aliphatic heterocycles. The van der Waals surface area contributed by atoms with Crippen LogP contribution in [-0.4, -0.2) is 19.7 Å². The summed E-state index contributed by atoms with van der Waals surface area (Å²) in [6, 6.07) is 5.53. The number of hydrogen-bond donors (Lipinski definition) is 0. The molecular formula is C13H16O3. The lowest BCUT2D eigenvalue weighted by Gasteiger charge is -2.04. The van der Waals surface area contributed by atoms with Gasteiger partial charge in [-0.05, 0) is 37.1 Å². The molecule has 0 bridgehead atoms. The number of aryl methyl sites for hydroxylation is 1. The van der Waals surface area contributed by atoms with Gasteiger partial charge in [-0.15, -0.1) is 0 Å². The Morgan fingerprint density at radius 1 is 1.44 bits per heavy atom. The van der Waals surface area contributed by atoms with Crippen molar-refractivity contribution in [2.75, 3.05) is 13.7 Å². The maximum absolute atomic E-state index is 11.3. The topological polar surface area (TPSA) is 35.5 Å².